The lowest BCUT2D eigenvalue weighted by Crippen LogP contribution is -2.26. The smallest absolute Gasteiger partial charge is 0.131 e. The maximum Gasteiger partial charge on any atom is 0.131 e. The molecule has 1 fully saturated rings. The second kappa shape index (κ2) is 6.33. The SMILES string of the molecule is CC(C)c1ncc(N(C)CC2CCCC2)c(CN)n1. The minimum atomic E-state index is 0.347. The van der Waals surface area contributed by atoms with Crippen LogP contribution in [0.15, 0.2) is 6.20 Å². The van der Waals surface area contributed by atoms with Gasteiger partial charge in [0.1, 0.15) is 5.82 Å². The Kier molecular flexibility index (Phi) is 4.75. The third-order valence-corrected chi connectivity index (χ3v) is 3.99. The Morgan fingerprint density at radius 1 is 1.37 bits per heavy atom. The highest BCUT2D eigenvalue weighted by atomic mass is 15.1. The van der Waals surface area contributed by atoms with E-state index in [1.54, 1.807) is 0 Å². The van der Waals surface area contributed by atoms with Crippen LogP contribution in [0.25, 0.3) is 0 Å². The van der Waals surface area contributed by atoms with Gasteiger partial charge in [0.05, 0.1) is 17.6 Å². The van der Waals surface area contributed by atoms with Gasteiger partial charge in [0, 0.05) is 26.1 Å². The van der Waals surface area contributed by atoms with E-state index in [-0.39, 0.29) is 0 Å². The molecule has 0 atom stereocenters. The molecule has 4 nitrogen and oxygen atoms in total. The Morgan fingerprint density at radius 2 is 2.05 bits per heavy atom. The molecule has 2 rings (SSSR count). The van der Waals surface area contributed by atoms with Crippen LogP contribution in [0.3, 0.4) is 0 Å². The number of nitrogens with zero attached hydrogens (tertiary/aromatic N) is 3. The van der Waals surface area contributed by atoms with Crippen LogP contribution in [0, 0.1) is 5.92 Å². The fourth-order valence-corrected chi connectivity index (χ4v) is 2.85. The summed E-state index contributed by atoms with van der Waals surface area (Å²) >= 11 is 0. The fraction of sp³-hybridized carbons (Fsp3) is 0.733. The van der Waals surface area contributed by atoms with E-state index in [4.69, 9.17) is 5.73 Å². The molecule has 0 aliphatic heterocycles. The summed E-state index contributed by atoms with van der Waals surface area (Å²) in [5.41, 5.74) is 7.92. The number of nitrogens with two attached hydrogens (primary N) is 1. The summed E-state index contributed by atoms with van der Waals surface area (Å²) in [6, 6.07) is 0. The monoisotopic (exact) mass is 262 g/mol. The van der Waals surface area contributed by atoms with E-state index in [0.717, 1.165) is 29.7 Å². The van der Waals surface area contributed by atoms with Crippen LogP contribution in [0.4, 0.5) is 5.69 Å². The largest absolute Gasteiger partial charge is 0.372 e. The molecule has 19 heavy (non-hydrogen) atoms. The zero-order valence-electron chi connectivity index (χ0n) is 12.4. The zero-order chi connectivity index (χ0) is 13.8. The molecular weight excluding hydrogens is 236 g/mol. The molecule has 0 aromatic carbocycles. The Hall–Kier alpha value is -1.16. The molecule has 4 heteroatoms. The van der Waals surface area contributed by atoms with Crippen LogP contribution < -0.4 is 10.6 Å². The summed E-state index contributed by atoms with van der Waals surface area (Å²) in [6.45, 7) is 5.79. The first kappa shape index (κ1) is 14.3. The molecule has 0 spiro atoms. The zero-order valence-corrected chi connectivity index (χ0v) is 12.4. The number of aromatic nitrogens is 2. The Morgan fingerprint density at radius 3 is 2.63 bits per heavy atom. The van der Waals surface area contributed by atoms with E-state index >= 15 is 0 Å². The average Bonchev–Trinajstić information content (AvgIpc) is 2.90. The average molecular weight is 262 g/mol. The summed E-state index contributed by atoms with van der Waals surface area (Å²) in [7, 11) is 2.13. The number of anilines is 1. The van der Waals surface area contributed by atoms with Crippen LogP contribution in [-0.4, -0.2) is 23.6 Å². The van der Waals surface area contributed by atoms with Crippen molar-refractivity contribution in [1.82, 2.24) is 9.97 Å². The van der Waals surface area contributed by atoms with Crippen LogP contribution in [-0.2, 0) is 6.54 Å². The fourth-order valence-electron chi connectivity index (χ4n) is 2.85. The highest BCUT2D eigenvalue weighted by Gasteiger charge is 2.19. The molecule has 0 radical (unpaired) electrons. The standard InChI is InChI=1S/C15H26N4/c1-11(2)15-17-9-14(13(8-16)18-15)19(3)10-12-6-4-5-7-12/h9,11-12H,4-8,10,16H2,1-3H3. The van der Waals surface area contributed by atoms with E-state index < -0.39 is 0 Å². The van der Waals surface area contributed by atoms with Crippen molar-refractivity contribution in [1.29, 1.82) is 0 Å². The molecule has 1 aliphatic carbocycles. The van der Waals surface area contributed by atoms with Crippen LogP contribution in [0.2, 0.25) is 0 Å². The van der Waals surface area contributed by atoms with Crippen LogP contribution >= 0.6 is 0 Å². The van der Waals surface area contributed by atoms with Crippen molar-refractivity contribution in [2.45, 2.75) is 52.0 Å². The molecule has 0 amide bonds. The van der Waals surface area contributed by atoms with Gasteiger partial charge in [-0.25, -0.2) is 9.97 Å². The van der Waals surface area contributed by atoms with E-state index in [0.29, 0.717) is 12.5 Å². The summed E-state index contributed by atoms with van der Waals surface area (Å²) in [5.74, 6) is 2.05. The first-order chi connectivity index (χ1) is 9.11. The van der Waals surface area contributed by atoms with E-state index in [1.165, 1.54) is 25.7 Å². The Bertz CT molecular complexity index is 411. The van der Waals surface area contributed by atoms with Crippen molar-refractivity contribution in [3.8, 4) is 0 Å². The van der Waals surface area contributed by atoms with Crippen molar-refractivity contribution < 1.29 is 0 Å². The van der Waals surface area contributed by atoms with Gasteiger partial charge in [0.15, 0.2) is 0 Å². The maximum atomic E-state index is 5.85. The molecule has 0 saturated heterocycles. The highest BCUT2D eigenvalue weighted by molar-refractivity contribution is 5.48. The summed E-state index contributed by atoms with van der Waals surface area (Å²) in [6.07, 6.45) is 7.41. The van der Waals surface area contributed by atoms with E-state index in [9.17, 15) is 0 Å². The van der Waals surface area contributed by atoms with Crippen molar-refractivity contribution in [2.75, 3.05) is 18.5 Å². The number of rotatable bonds is 5. The van der Waals surface area contributed by atoms with Gasteiger partial charge in [-0.15, -0.1) is 0 Å². The molecule has 1 aromatic rings. The van der Waals surface area contributed by atoms with Gasteiger partial charge in [-0.1, -0.05) is 26.7 Å². The molecular formula is C15H26N4. The second-order valence-corrected chi connectivity index (χ2v) is 5.95. The van der Waals surface area contributed by atoms with Crippen LogP contribution in [0.1, 0.15) is 57.0 Å². The van der Waals surface area contributed by atoms with Gasteiger partial charge in [0.2, 0.25) is 0 Å². The maximum absolute atomic E-state index is 5.85. The number of hydrogen-bond donors (Lipinski definition) is 1. The molecule has 1 saturated carbocycles. The molecule has 0 unspecified atom stereocenters. The van der Waals surface area contributed by atoms with E-state index in [2.05, 4.69) is 35.8 Å². The minimum Gasteiger partial charge on any atom is -0.372 e. The summed E-state index contributed by atoms with van der Waals surface area (Å²) < 4.78 is 0. The van der Waals surface area contributed by atoms with Gasteiger partial charge < -0.3 is 10.6 Å². The molecule has 0 bridgehead atoms. The molecule has 1 aliphatic rings. The van der Waals surface area contributed by atoms with E-state index in [1.807, 2.05) is 6.20 Å². The van der Waals surface area contributed by atoms with Crippen molar-refractivity contribution in [3.05, 3.63) is 17.7 Å². The lowest BCUT2D eigenvalue weighted by molar-refractivity contribution is 0.545. The Labute approximate surface area is 116 Å². The number of hydrogen-bond acceptors (Lipinski definition) is 4. The molecule has 2 N–H and O–H groups in total. The van der Waals surface area contributed by atoms with Gasteiger partial charge in [0.25, 0.3) is 0 Å². The minimum absolute atomic E-state index is 0.347. The predicted molar refractivity (Wildman–Crippen MR) is 79.2 cm³/mol. The van der Waals surface area contributed by atoms with Gasteiger partial charge in [-0.2, -0.15) is 0 Å². The van der Waals surface area contributed by atoms with Gasteiger partial charge >= 0.3 is 0 Å². The van der Waals surface area contributed by atoms with Crippen LogP contribution in [0.5, 0.6) is 0 Å². The van der Waals surface area contributed by atoms with Crippen molar-refractivity contribution >= 4 is 5.69 Å². The second-order valence-electron chi connectivity index (χ2n) is 5.95. The van der Waals surface area contributed by atoms with Gasteiger partial charge in [-0.05, 0) is 18.8 Å². The summed E-state index contributed by atoms with van der Waals surface area (Å²) in [4.78, 5) is 11.4. The summed E-state index contributed by atoms with van der Waals surface area (Å²) in [5, 5.41) is 0. The molecule has 106 valence electrons. The molecule has 1 heterocycles. The Balaban J connectivity index is 2.13. The first-order valence-corrected chi connectivity index (χ1v) is 7.38. The first-order valence-electron chi connectivity index (χ1n) is 7.38. The quantitative estimate of drug-likeness (QED) is 0.886. The third-order valence-electron chi connectivity index (χ3n) is 3.99. The normalized spacial score (nSPS) is 16.3. The highest BCUT2D eigenvalue weighted by Crippen LogP contribution is 2.27. The molecule has 1 aromatic heterocycles. The lowest BCUT2D eigenvalue weighted by atomic mass is 10.1. The van der Waals surface area contributed by atoms with Crippen molar-refractivity contribution in [3.63, 3.8) is 0 Å². The predicted octanol–water partition coefficient (Wildman–Crippen LogP) is 2.69. The van der Waals surface area contributed by atoms with Gasteiger partial charge in [-0.3, -0.25) is 0 Å². The topological polar surface area (TPSA) is 55.0 Å². The van der Waals surface area contributed by atoms with Crippen molar-refractivity contribution in [2.24, 2.45) is 11.7 Å². The lowest BCUT2D eigenvalue weighted by Gasteiger charge is -2.24. The third kappa shape index (κ3) is 3.44.